The number of nitrogens with zero attached hydrogens (tertiary/aromatic N) is 1. The average molecular weight is 199 g/mol. The number of aromatic nitrogens is 1. The van der Waals surface area contributed by atoms with Crippen molar-refractivity contribution in [2.45, 2.75) is 0 Å². The van der Waals surface area contributed by atoms with Crippen LogP contribution in [-0.4, -0.2) is 39.1 Å². The fraction of sp³-hybridized carbons (Fsp3) is 0. The van der Waals surface area contributed by atoms with E-state index in [4.69, 9.17) is 5.11 Å². The highest BCUT2D eigenvalue weighted by Gasteiger charge is 2.03. The molecule has 0 aliphatic heterocycles. The van der Waals surface area contributed by atoms with E-state index in [-0.39, 0.29) is 28.7 Å². The lowest BCUT2D eigenvalue weighted by Crippen LogP contribution is -1.99. The second kappa shape index (κ2) is 4.39. The standard InChI is InChI=1S/C10H7NO2.Mg.2H/c12-10(13)9-6-5-7-3-1-2-4-8(7)11-9;;;/h1-6H,(H,12,13);;;. The monoisotopic (exact) mass is 199 g/mol. The van der Waals surface area contributed by atoms with Gasteiger partial charge < -0.3 is 5.11 Å². The quantitative estimate of drug-likeness (QED) is 0.698. The van der Waals surface area contributed by atoms with Crippen molar-refractivity contribution in [2.75, 3.05) is 0 Å². The molecule has 0 amide bonds. The van der Waals surface area contributed by atoms with E-state index in [1.165, 1.54) is 6.07 Å². The minimum Gasteiger partial charge on any atom is -0.477 e. The molecule has 0 saturated carbocycles. The van der Waals surface area contributed by atoms with Gasteiger partial charge in [-0.05, 0) is 12.1 Å². The first-order chi connectivity index (χ1) is 6.27. The SMILES string of the molecule is O=C(O)c1ccc2ccccc2n1.[MgH2]. The van der Waals surface area contributed by atoms with Gasteiger partial charge in [-0.1, -0.05) is 24.3 Å². The Morgan fingerprint density at radius 1 is 1.14 bits per heavy atom. The molecule has 1 heterocycles. The molecule has 14 heavy (non-hydrogen) atoms. The molecule has 0 aliphatic carbocycles. The number of aromatic carboxylic acids is 1. The van der Waals surface area contributed by atoms with E-state index in [1.54, 1.807) is 12.1 Å². The number of para-hydroxylation sites is 1. The van der Waals surface area contributed by atoms with Crippen molar-refractivity contribution in [3.63, 3.8) is 0 Å². The Kier molecular flexibility index (Phi) is 3.43. The number of fused-ring (bicyclic) bond motifs is 1. The molecule has 0 aliphatic rings. The zero-order chi connectivity index (χ0) is 9.26. The first-order valence-electron chi connectivity index (χ1n) is 3.86. The molecule has 0 bridgehead atoms. The van der Waals surface area contributed by atoms with Crippen molar-refractivity contribution in [1.82, 2.24) is 4.98 Å². The molecule has 2 aromatic rings. The van der Waals surface area contributed by atoms with Crippen molar-refractivity contribution in [3.05, 3.63) is 42.1 Å². The number of hydrogen-bond donors (Lipinski definition) is 1. The first kappa shape index (κ1) is 10.9. The van der Waals surface area contributed by atoms with Gasteiger partial charge in [0.15, 0.2) is 0 Å². The number of carbonyl (C=O) groups is 1. The smallest absolute Gasteiger partial charge is 0.354 e. The van der Waals surface area contributed by atoms with Gasteiger partial charge in [0.1, 0.15) is 5.69 Å². The highest BCUT2D eigenvalue weighted by molar-refractivity contribution is 5.89. The van der Waals surface area contributed by atoms with E-state index in [2.05, 4.69) is 4.98 Å². The van der Waals surface area contributed by atoms with Crippen LogP contribution in [0.5, 0.6) is 0 Å². The van der Waals surface area contributed by atoms with Crippen molar-refractivity contribution in [3.8, 4) is 0 Å². The third-order valence-corrected chi connectivity index (χ3v) is 1.82. The number of carboxylic acid groups (broad SMARTS) is 1. The highest BCUT2D eigenvalue weighted by atomic mass is 24.3. The van der Waals surface area contributed by atoms with E-state index in [0.717, 1.165) is 5.39 Å². The molecule has 3 nitrogen and oxygen atoms in total. The fourth-order valence-electron chi connectivity index (χ4n) is 1.19. The highest BCUT2D eigenvalue weighted by Crippen LogP contribution is 2.11. The predicted molar refractivity (Wildman–Crippen MR) is 57.2 cm³/mol. The maximum Gasteiger partial charge on any atom is 0.354 e. The summed E-state index contributed by atoms with van der Waals surface area (Å²) in [6.07, 6.45) is 0. The minimum absolute atomic E-state index is 0. The van der Waals surface area contributed by atoms with Crippen LogP contribution < -0.4 is 0 Å². The van der Waals surface area contributed by atoms with Crippen LogP contribution in [0.1, 0.15) is 10.5 Å². The molecule has 4 heteroatoms. The molecule has 0 spiro atoms. The topological polar surface area (TPSA) is 50.2 Å². The molecule has 0 radical (unpaired) electrons. The molecule has 0 fully saturated rings. The lowest BCUT2D eigenvalue weighted by Gasteiger charge is -1.97. The summed E-state index contributed by atoms with van der Waals surface area (Å²) in [5.41, 5.74) is 0.793. The second-order valence-corrected chi connectivity index (χ2v) is 2.69. The third kappa shape index (κ3) is 2.02. The third-order valence-electron chi connectivity index (χ3n) is 1.82. The summed E-state index contributed by atoms with van der Waals surface area (Å²) in [7, 11) is 0. The first-order valence-corrected chi connectivity index (χ1v) is 3.86. The zero-order valence-corrected chi connectivity index (χ0v) is 6.77. The molecule has 0 unspecified atom stereocenters. The van der Waals surface area contributed by atoms with Crippen molar-refractivity contribution in [2.24, 2.45) is 0 Å². The Hall–Kier alpha value is -1.13. The van der Waals surface area contributed by atoms with E-state index < -0.39 is 5.97 Å². The van der Waals surface area contributed by atoms with Gasteiger partial charge in [0.25, 0.3) is 0 Å². The van der Waals surface area contributed by atoms with E-state index in [1.807, 2.05) is 18.2 Å². The molecular weight excluding hydrogens is 190 g/mol. The summed E-state index contributed by atoms with van der Waals surface area (Å²) in [5, 5.41) is 9.63. The van der Waals surface area contributed by atoms with Crippen LogP contribution in [0.3, 0.4) is 0 Å². The van der Waals surface area contributed by atoms with Gasteiger partial charge in [0, 0.05) is 5.39 Å². The Morgan fingerprint density at radius 3 is 2.57 bits per heavy atom. The molecular formula is C10H9MgNO2. The number of rotatable bonds is 1. The lowest BCUT2D eigenvalue weighted by molar-refractivity contribution is 0.0691. The molecule has 1 aromatic carbocycles. The molecule has 2 rings (SSSR count). The summed E-state index contributed by atoms with van der Waals surface area (Å²) < 4.78 is 0. The van der Waals surface area contributed by atoms with Gasteiger partial charge in [-0.25, -0.2) is 9.78 Å². The summed E-state index contributed by atoms with van der Waals surface area (Å²) >= 11 is 0. The minimum atomic E-state index is -0.995. The lowest BCUT2D eigenvalue weighted by atomic mass is 10.2. The van der Waals surface area contributed by atoms with Crippen molar-refractivity contribution < 1.29 is 9.90 Å². The van der Waals surface area contributed by atoms with Crippen LogP contribution in [0.25, 0.3) is 10.9 Å². The van der Waals surface area contributed by atoms with Gasteiger partial charge in [0.2, 0.25) is 0 Å². The number of benzene rings is 1. The molecule has 0 atom stereocenters. The van der Waals surface area contributed by atoms with Gasteiger partial charge >= 0.3 is 29.0 Å². The van der Waals surface area contributed by atoms with Crippen LogP contribution in [0, 0.1) is 0 Å². The maximum atomic E-state index is 10.6. The summed E-state index contributed by atoms with van der Waals surface area (Å²) in [4.78, 5) is 14.6. The van der Waals surface area contributed by atoms with Crippen LogP contribution in [0.4, 0.5) is 0 Å². The number of pyridine rings is 1. The normalized spacial score (nSPS) is 9.43. The summed E-state index contributed by atoms with van der Waals surface area (Å²) in [6, 6.07) is 10.7. The largest absolute Gasteiger partial charge is 0.477 e. The molecule has 0 saturated heterocycles. The van der Waals surface area contributed by atoms with Gasteiger partial charge in [-0.2, -0.15) is 0 Å². The fourth-order valence-corrected chi connectivity index (χ4v) is 1.19. The van der Waals surface area contributed by atoms with Crippen LogP contribution in [-0.2, 0) is 0 Å². The van der Waals surface area contributed by atoms with Gasteiger partial charge in [0.05, 0.1) is 5.52 Å². The molecule has 1 aromatic heterocycles. The Bertz CT molecular complexity index is 470. The zero-order valence-electron chi connectivity index (χ0n) is 6.77. The average Bonchev–Trinajstić information content (AvgIpc) is 2.17. The van der Waals surface area contributed by atoms with E-state index >= 15 is 0 Å². The van der Waals surface area contributed by atoms with Crippen molar-refractivity contribution in [1.29, 1.82) is 0 Å². The summed E-state index contributed by atoms with van der Waals surface area (Å²) in [6.45, 7) is 0. The Labute approximate surface area is 96.9 Å². The van der Waals surface area contributed by atoms with Crippen LogP contribution in [0.2, 0.25) is 0 Å². The Morgan fingerprint density at radius 2 is 1.86 bits per heavy atom. The van der Waals surface area contributed by atoms with Crippen LogP contribution in [0.15, 0.2) is 36.4 Å². The molecule has 1 N–H and O–H groups in total. The van der Waals surface area contributed by atoms with Gasteiger partial charge in [-0.3, -0.25) is 0 Å². The summed E-state index contributed by atoms with van der Waals surface area (Å²) in [5.74, 6) is -0.995. The van der Waals surface area contributed by atoms with Gasteiger partial charge in [-0.15, -0.1) is 0 Å². The second-order valence-electron chi connectivity index (χ2n) is 2.69. The Balaban J connectivity index is 0.000000980. The number of hydrogen-bond acceptors (Lipinski definition) is 2. The van der Waals surface area contributed by atoms with E-state index in [9.17, 15) is 4.79 Å². The number of carboxylic acids is 1. The predicted octanol–water partition coefficient (Wildman–Crippen LogP) is 1.02. The molecule has 68 valence electrons. The van der Waals surface area contributed by atoms with Crippen LogP contribution >= 0.6 is 0 Å². The maximum absolute atomic E-state index is 10.6. The van der Waals surface area contributed by atoms with Crippen molar-refractivity contribution >= 4 is 39.9 Å². The van der Waals surface area contributed by atoms with E-state index in [0.29, 0.717) is 5.52 Å².